The molecule has 4 saturated heterocycles. The zero-order chi connectivity index (χ0) is 83.1. The highest BCUT2D eigenvalue weighted by Crippen LogP contribution is 2.38. The van der Waals surface area contributed by atoms with Crippen LogP contribution in [-0.2, 0) is 38.0 Å². The molecule has 0 spiro atoms. The smallest absolute Gasteiger partial charge is 0.460 e. The zero-order valence-corrected chi connectivity index (χ0v) is 69.9. The number of nitrogens with two attached hydrogens (primary N) is 1. The van der Waals surface area contributed by atoms with Gasteiger partial charge in [0.1, 0.15) is 33.3 Å². The highest BCUT2D eigenvalue weighted by Gasteiger charge is 2.52. The Balaban J connectivity index is 0.000000139. The molecule has 6 atom stereocenters. The number of amides is 4. The minimum atomic E-state index is -0.574. The van der Waals surface area contributed by atoms with Crippen LogP contribution >= 0.6 is 15.9 Å². The molecule has 4 aliphatic heterocycles. The van der Waals surface area contributed by atoms with Crippen molar-refractivity contribution < 1.29 is 42.8 Å². The van der Waals surface area contributed by atoms with Crippen molar-refractivity contribution in [1.82, 2.24) is 49.1 Å². The van der Waals surface area contributed by atoms with Gasteiger partial charge in [-0.25, -0.2) is 33.3 Å². The molecule has 606 valence electrons. The van der Waals surface area contributed by atoms with Crippen molar-refractivity contribution in [2.75, 3.05) is 50.3 Å². The number of anilines is 6. The molecule has 26 nitrogen and oxygen atoms in total. The van der Waals surface area contributed by atoms with Gasteiger partial charge in [0.05, 0.1) is 53.6 Å². The van der Waals surface area contributed by atoms with E-state index in [1.54, 1.807) is 52.4 Å². The molecule has 6 aromatic heterocycles. The van der Waals surface area contributed by atoms with E-state index in [1.807, 2.05) is 227 Å². The van der Waals surface area contributed by atoms with Gasteiger partial charge >= 0.3 is 19.2 Å². The standard InChI is InChI=1S/C30H33N5O3.C24H24N6O.C21H31BN2O5.C14H13BrN4/c1-20(22-8-6-5-7-9-22)32-26-14-15-27-31-18-25(35(27)33-26)23-10-12-24(13-11-23)34-19-21(16-28(34)36)17-29(37)38-30(2,3)4;1-16(17-5-3-2-4-6-17)27-22-11-12-23-26-14-21(30(23)28-22)18-7-9-20(10-8-18)29-15-19(25)13-24(29)31;1-19(2,3)27-18(26)23-15-12-17(25)24(13-15)16-10-8-14(9-11-16)22-28-20(4,5)21(6,7)29-22;1-10(11-5-3-2-4-6-11)17-13-7-8-14-16-9-12(15)19(14)18-13/h5-15,18,20-21H,16-17,19H2,1-4H3,(H,32,33);2-12,14,16,19H,13,15,25H2,1H3,(H,27,28);8-11,15H,12-13H2,1-7H3,(H,23,26);2-10H,1H3,(H,17,18)/t20-,21-;16-,19+;15-;10-/m1101/s1. The van der Waals surface area contributed by atoms with E-state index >= 15 is 0 Å². The van der Waals surface area contributed by atoms with Crippen LogP contribution in [0.1, 0.15) is 151 Å². The first kappa shape index (κ1) is 83.1. The SMILES string of the molecule is CC(C)(C)OC(=O)N[C@H]1CC(=O)N(c2ccc(B3OC(C)(C)C(C)(C)O3)cc2)C1.C[C@@H](Nc1ccc2ncc(-c3ccc(N4C[C@@H](CC(=O)OC(C)(C)C)CC4=O)cc3)n2n1)c1ccccc1.C[C@@H](Nc1ccc2ncc(-c3ccc(N4C[C@@H](N)CC4=O)cc3)n2n1)c1ccccc1.C[C@@H](Nc1ccc2ncc(Br)n2n1)c1ccccc1. The summed E-state index contributed by atoms with van der Waals surface area (Å²) in [4.78, 5) is 79.9. The van der Waals surface area contributed by atoms with Gasteiger partial charge in [0.15, 0.2) is 16.9 Å². The van der Waals surface area contributed by atoms with Crippen LogP contribution in [0.4, 0.5) is 39.3 Å². The van der Waals surface area contributed by atoms with Gasteiger partial charge in [0, 0.05) is 91.3 Å². The van der Waals surface area contributed by atoms with Crippen molar-refractivity contribution in [2.45, 2.75) is 168 Å². The Kier molecular flexibility index (Phi) is 25.1. The highest BCUT2D eigenvalue weighted by molar-refractivity contribution is 9.10. The van der Waals surface area contributed by atoms with E-state index in [0.717, 1.165) is 84.0 Å². The van der Waals surface area contributed by atoms with Crippen LogP contribution in [0.2, 0.25) is 0 Å². The fourth-order valence-electron chi connectivity index (χ4n) is 14.1. The largest absolute Gasteiger partial charge is 0.494 e. The number of halogens is 1. The third kappa shape index (κ3) is 20.7. The Morgan fingerprint density at radius 3 is 1.31 bits per heavy atom. The number of aromatic nitrogens is 9. The van der Waals surface area contributed by atoms with Crippen molar-refractivity contribution in [2.24, 2.45) is 11.7 Å². The number of ether oxygens (including phenoxy) is 2. The van der Waals surface area contributed by atoms with Gasteiger partial charge in [0.25, 0.3) is 0 Å². The molecule has 6 aromatic carbocycles. The average molecular weight is 1640 g/mol. The monoisotopic (exact) mass is 1640 g/mol. The van der Waals surface area contributed by atoms with Gasteiger partial charge in [-0.05, 0) is 207 Å². The molecule has 10 heterocycles. The van der Waals surface area contributed by atoms with Crippen LogP contribution < -0.4 is 47.2 Å². The van der Waals surface area contributed by atoms with Crippen LogP contribution in [0.5, 0.6) is 0 Å². The van der Waals surface area contributed by atoms with Crippen molar-refractivity contribution in [3.8, 4) is 22.5 Å². The van der Waals surface area contributed by atoms with Crippen molar-refractivity contribution in [1.29, 1.82) is 0 Å². The Morgan fingerprint density at radius 2 is 0.880 bits per heavy atom. The molecule has 0 radical (unpaired) electrons. The summed E-state index contributed by atoms with van der Waals surface area (Å²) in [6.07, 6.45) is 6.09. The van der Waals surface area contributed by atoms with E-state index in [4.69, 9.17) is 34.7 Å². The normalized spacial score (nSPS) is 17.8. The maximum Gasteiger partial charge on any atom is 0.494 e. The van der Waals surface area contributed by atoms with Gasteiger partial charge in [-0.2, -0.15) is 0 Å². The summed E-state index contributed by atoms with van der Waals surface area (Å²) in [5.41, 5.74) is 17.0. The number of hydrogen-bond acceptors (Lipinski definition) is 19. The number of nitrogens with zero attached hydrogens (tertiary/aromatic N) is 12. The predicted molar refractivity (Wildman–Crippen MR) is 461 cm³/mol. The van der Waals surface area contributed by atoms with E-state index in [0.29, 0.717) is 32.5 Å². The fraction of sp³-hybridized carbons (Fsp3) is 0.337. The number of hydrogen-bond donors (Lipinski definition) is 5. The average Bonchev–Trinajstić information content (AvgIpc) is 1.62. The molecular formula is C89H101BBrN17O9. The minimum absolute atomic E-state index is 0.0195. The number of esters is 1. The van der Waals surface area contributed by atoms with Crippen LogP contribution in [-0.4, -0.2) is 135 Å². The molecule has 0 bridgehead atoms. The van der Waals surface area contributed by atoms with E-state index in [2.05, 4.69) is 114 Å². The third-order valence-electron chi connectivity index (χ3n) is 20.8. The maximum atomic E-state index is 12.7. The number of imidazole rings is 3. The molecule has 12 aromatic rings. The Morgan fingerprint density at radius 1 is 0.496 bits per heavy atom. The summed E-state index contributed by atoms with van der Waals surface area (Å²) in [5, 5.41) is 27.1. The molecule has 0 saturated carbocycles. The quantitative estimate of drug-likeness (QED) is 0.0394. The summed E-state index contributed by atoms with van der Waals surface area (Å²) in [6.45, 7) is 26.8. The zero-order valence-electron chi connectivity index (χ0n) is 68.3. The Bertz CT molecular complexity index is 5450. The topological polar surface area (TPSA) is 297 Å². The molecule has 4 amide bonds. The number of fused-ring (bicyclic) bond motifs is 3. The van der Waals surface area contributed by atoms with Crippen molar-refractivity contribution in [3.63, 3.8) is 0 Å². The lowest BCUT2D eigenvalue weighted by atomic mass is 9.79. The first-order valence-electron chi connectivity index (χ1n) is 39.4. The molecular weight excluding hydrogens is 1540 g/mol. The summed E-state index contributed by atoms with van der Waals surface area (Å²) < 4.78 is 29.1. The highest BCUT2D eigenvalue weighted by atomic mass is 79.9. The second-order valence-corrected chi connectivity index (χ2v) is 33.6. The number of benzene rings is 6. The minimum Gasteiger partial charge on any atom is -0.460 e. The third-order valence-corrected chi connectivity index (χ3v) is 21.3. The number of nitrogens with one attached hydrogen (secondary N) is 4. The first-order valence-corrected chi connectivity index (χ1v) is 40.2. The Labute approximate surface area is 690 Å². The van der Waals surface area contributed by atoms with Crippen molar-refractivity contribution >= 4 is 110 Å². The molecule has 6 N–H and O–H groups in total. The second kappa shape index (κ2) is 35.3. The predicted octanol–water partition coefficient (Wildman–Crippen LogP) is 15.6. The van der Waals surface area contributed by atoms with Gasteiger partial charge in [-0.1, -0.05) is 127 Å². The van der Waals surface area contributed by atoms with E-state index in [9.17, 15) is 24.0 Å². The lowest BCUT2D eigenvalue weighted by Gasteiger charge is -2.32. The van der Waals surface area contributed by atoms with Gasteiger partial charge in [0.2, 0.25) is 17.7 Å². The van der Waals surface area contributed by atoms with Crippen LogP contribution in [0.3, 0.4) is 0 Å². The molecule has 4 aliphatic rings. The lowest BCUT2D eigenvalue weighted by Crippen LogP contribution is -2.41. The van der Waals surface area contributed by atoms with E-state index < -0.39 is 35.6 Å². The Hall–Kier alpha value is -11.8. The number of carbonyl (C=O) groups is 5. The van der Waals surface area contributed by atoms with Gasteiger partial charge < -0.3 is 60.5 Å². The second-order valence-electron chi connectivity index (χ2n) is 32.8. The molecule has 0 unspecified atom stereocenters. The summed E-state index contributed by atoms with van der Waals surface area (Å²) in [7, 11) is -0.440. The van der Waals surface area contributed by atoms with Crippen LogP contribution in [0, 0.1) is 5.92 Å². The van der Waals surface area contributed by atoms with E-state index in [-0.39, 0.29) is 72.7 Å². The molecule has 117 heavy (non-hydrogen) atoms. The van der Waals surface area contributed by atoms with Crippen molar-refractivity contribution in [3.05, 3.63) is 240 Å². The van der Waals surface area contributed by atoms with Crippen LogP contribution in [0.15, 0.2) is 223 Å². The maximum absolute atomic E-state index is 12.7. The fourth-order valence-corrected chi connectivity index (χ4v) is 14.4. The first-order chi connectivity index (χ1) is 55.7. The summed E-state index contributed by atoms with van der Waals surface area (Å²) in [6, 6.07) is 65.8. The lowest BCUT2D eigenvalue weighted by molar-refractivity contribution is -0.155. The van der Waals surface area contributed by atoms with Gasteiger partial charge in [-0.15, -0.1) is 15.3 Å². The number of alkyl carbamates (subject to hydrolysis) is 1. The summed E-state index contributed by atoms with van der Waals surface area (Å²) >= 11 is 3.42. The van der Waals surface area contributed by atoms with E-state index in [1.165, 1.54) is 16.7 Å². The van der Waals surface area contributed by atoms with Gasteiger partial charge in [-0.3, -0.25) is 19.2 Å². The molecule has 28 heteroatoms. The summed E-state index contributed by atoms with van der Waals surface area (Å²) in [5.74, 6) is 2.09. The number of carbonyl (C=O) groups excluding carboxylic acids is 5. The molecule has 4 fully saturated rings. The molecule has 16 rings (SSSR count). The van der Waals surface area contributed by atoms with Crippen LogP contribution in [0.25, 0.3) is 39.5 Å². The molecule has 0 aliphatic carbocycles. The number of rotatable bonds is 18.